The molecule has 0 N–H and O–H groups in total. The molecule has 3 nitrogen and oxygen atoms in total. The summed E-state index contributed by atoms with van der Waals surface area (Å²) < 4.78 is 30.0. The van der Waals surface area contributed by atoms with Gasteiger partial charge in [-0.1, -0.05) is 6.92 Å². The number of aromatic nitrogens is 2. The molecule has 124 valence electrons. The molecule has 0 aliphatic carbocycles. The molecule has 8 heteroatoms. The van der Waals surface area contributed by atoms with Crippen LogP contribution in [0.4, 0.5) is 8.78 Å². The summed E-state index contributed by atoms with van der Waals surface area (Å²) in [6.07, 6.45) is 0.453. The van der Waals surface area contributed by atoms with E-state index in [1.54, 1.807) is 0 Å². The molecule has 0 spiro atoms. The van der Waals surface area contributed by atoms with Gasteiger partial charge in [-0.3, -0.25) is 9.36 Å². The summed E-state index contributed by atoms with van der Waals surface area (Å²) in [6.45, 7) is 1.85. The van der Waals surface area contributed by atoms with Crippen LogP contribution in [0.2, 0.25) is 0 Å². The molecule has 0 saturated carbocycles. The number of hydrogen-bond donors (Lipinski definition) is 0. The SMILES string of the molecule is CCc1nc2cc(F)c(I)cc2c(=O)n1-c1c(Br)cc(F)cc1Br. The van der Waals surface area contributed by atoms with Gasteiger partial charge in [0.15, 0.2) is 0 Å². The van der Waals surface area contributed by atoms with Gasteiger partial charge in [0.1, 0.15) is 17.5 Å². The smallest absolute Gasteiger partial charge is 0.266 e. The largest absolute Gasteiger partial charge is 0.268 e. The number of aryl methyl sites for hydroxylation is 1. The van der Waals surface area contributed by atoms with Crippen LogP contribution in [-0.4, -0.2) is 9.55 Å². The fourth-order valence-electron chi connectivity index (χ4n) is 2.44. The molecule has 0 aliphatic rings. The molecule has 0 unspecified atom stereocenters. The monoisotopic (exact) mass is 568 g/mol. The zero-order valence-corrected chi connectivity index (χ0v) is 17.5. The molecule has 0 atom stereocenters. The van der Waals surface area contributed by atoms with Crippen molar-refractivity contribution < 1.29 is 8.78 Å². The van der Waals surface area contributed by atoms with Crippen LogP contribution >= 0.6 is 54.5 Å². The molecular formula is C16H9Br2F2IN2O. The van der Waals surface area contributed by atoms with E-state index in [0.717, 1.165) is 0 Å². The fourth-order valence-corrected chi connectivity index (χ4v) is 4.40. The van der Waals surface area contributed by atoms with Crippen molar-refractivity contribution in [3.05, 3.63) is 64.6 Å². The van der Waals surface area contributed by atoms with Gasteiger partial charge in [0.05, 0.1) is 16.6 Å². The van der Waals surface area contributed by atoms with E-state index < -0.39 is 11.6 Å². The minimum Gasteiger partial charge on any atom is -0.268 e. The molecule has 1 aromatic heterocycles. The van der Waals surface area contributed by atoms with Crippen molar-refractivity contribution in [3.8, 4) is 5.69 Å². The Morgan fingerprint density at radius 2 is 1.79 bits per heavy atom. The Balaban J connectivity index is 2.47. The first-order chi connectivity index (χ1) is 11.3. The molecule has 0 fully saturated rings. The average Bonchev–Trinajstić information content (AvgIpc) is 2.50. The van der Waals surface area contributed by atoms with Gasteiger partial charge in [-0.2, -0.15) is 0 Å². The van der Waals surface area contributed by atoms with E-state index >= 15 is 0 Å². The Labute approximate surface area is 166 Å². The second kappa shape index (κ2) is 6.80. The Morgan fingerprint density at radius 1 is 1.17 bits per heavy atom. The second-order valence-electron chi connectivity index (χ2n) is 5.02. The van der Waals surface area contributed by atoms with Crippen molar-refractivity contribution in [1.82, 2.24) is 9.55 Å². The minimum absolute atomic E-state index is 0.306. The lowest BCUT2D eigenvalue weighted by Gasteiger charge is -2.16. The first-order valence-corrected chi connectivity index (χ1v) is 9.55. The second-order valence-corrected chi connectivity index (χ2v) is 7.89. The molecule has 3 aromatic rings. The van der Waals surface area contributed by atoms with Crippen LogP contribution in [0.1, 0.15) is 12.7 Å². The summed E-state index contributed by atoms with van der Waals surface area (Å²) >= 11 is 8.44. The van der Waals surface area contributed by atoms with E-state index in [1.165, 1.54) is 28.8 Å². The van der Waals surface area contributed by atoms with E-state index in [4.69, 9.17) is 0 Å². The zero-order chi connectivity index (χ0) is 17.6. The Morgan fingerprint density at radius 3 is 2.38 bits per heavy atom. The van der Waals surface area contributed by atoms with E-state index in [9.17, 15) is 13.6 Å². The first kappa shape index (κ1) is 17.9. The third-order valence-corrected chi connectivity index (χ3v) is 5.54. The predicted molar refractivity (Wildman–Crippen MR) is 105 cm³/mol. The maximum absolute atomic E-state index is 13.8. The van der Waals surface area contributed by atoms with Gasteiger partial charge in [0, 0.05) is 25.0 Å². The lowest BCUT2D eigenvalue weighted by molar-refractivity contribution is 0.621. The van der Waals surface area contributed by atoms with E-state index in [2.05, 4.69) is 36.8 Å². The fraction of sp³-hybridized carbons (Fsp3) is 0.125. The third-order valence-electron chi connectivity index (χ3n) is 3.50. The van der Waals surface area contributed by atoms with Crippen molar-refractivity contribution in [2.24, 2.45) is 0 Å². The lowest BCUT2D eigenvalue weighted by atomic mass is 10.2. The number of nitrogens with zero attached hydrogens (tertiary/aromatic N) is 2. The highest BCUT2D eigenvalue weighted by Crippen LogP contribution is 2.31. The number of fused-ring (bicyclic) bond motifs is 1. The molecule has 24 heavy (non-hydrogen) atoms. The van der Waals surface area contributed by atoms with Crippen LogP contribution in [0.5, 0.6) is 0 Å². The topological polar surface area (TPSA) is 34.9 Å². The van der Waals surface area contributed by atoms with E-state index in [0.29, 0.717) is 41.4 Å². The van der Waals surface area contributed by atoms with Gasteiger partial charge < -0.3 is 0 Å². The summed E-state index contributed by atoms with van der Waals surface area (Å²) in [7, 11) is 0. The number of rotatable bonds is 2. The number of hydrogen-bond acceptors (Lipinski definition) is 2. The average molecular weight is 570 g/mol. The molecule has 0 radical (unpaired) electrons. The van der Waals surface area contributed by atoms with Gasteiger partial charge in [-0.15, -0.1) is 0 Å². The van der Waals surface area contributed by atoms with Crippen molar-refractivity contribution in [3.63, 3.8) is 0 Å². The maximum Gasteiger partial charge on any atom is 0.266 e. The van der Waals surface area contributed by atoms with Crippen molar-refractivity contribution in [2.75, 3.05) is 0 Å². The van der Waals surface area contributed by atoms with Crippen LogP contribution in [0.3, 0.4) is 0 Å². The van der Waals surface area contributed by atoms with Crippen LogP contribution in [0.15, 0.2) is 38.0 Å². The highest BCUT2D eigenvalue weighted by Gasteiger charge is 2.18. The predicted octanol–water partition coefficient (Wildman–Crippen LogP) is 5.36. The molecule has 2 aromatic carbocycles. The summed E-state index contributed by atoms with van der Waals surface area (Å²) in [4.78, 5) is 17.4. The highest BCUT2D eigenvalue weighted by molar-refractivity contribution is 14.1. The number of benzene rings is 2. The standard InChI is InChI=1S/C16H9Br2F2IN2O/c1-2-14-22-13-6-11(20)12(21)5-8(13)16(24)23(14)15-9(17)3-7(19)4-10(15)18/h3-6H,2H2,1H3. The zero-order valence-electron chi connectivity index (χ0n) is 12.2. The van der Waals surface area contributed by atoms with E-state index in [1.807, 2.05) is 29.5 Å². The van der Waals surface area contributed by atoms with Gasteiger partial charge in [0.2, 0.25) is 0 Å². The van der Waals surface area contributed by atoms with Gasteiger partial charge in [0.25, 0.3) is 5.56 Å². The molecule has 0 amide bonds. The van der Waals surface area contributed by atoms with Gasteiger partial charge in [-0.25, -0.2) is 13.8 Å². The molecular weight excluding hydrogens is 561 g/mol. The van der Waals surface area contributed by atoms with Crippen LogP contribution in [0.25, 0.3) is 16.6 Å². The maximum atomic E-state index is 13.8. The van der Waals surface area contributed by atoms with Crippen LogP contribution < -0.4 is 5.56 Å². The van der Waals surface area contributed by atoms with Crippen molar-refractivity contribution in [1.29, 1.82) is 0 Å². The summed E-state index contributed by atoms with van der Waals surface area (Å²) in [5.41, 5.74) is 0.440. The number of halogens is 5. The normalized spacial score (nSPS) is 11.2. The summed E-state index contributed by atoms with van der Waals surface area (Å²) in [5.74, 6) is -0.394. The van der Waals surface area contributed by atoms with Crippen molar-refractivity contribution >= 4 is 65.4 Å². The van der Waals surface area contributed by atoms with Crippen LogP contribution in [0, 0.1) is 15.2 Å². The molecule has 3 rings (SSSR count). The lowest BCUT2D eigenvalue weighted by Crippen LogP contribution is -2.24. The summed E-state index contributed by atoms with van der Waals surface area (Å²) in [5, 5.41) is 0.307. The minimum atomic E-state index is -0.436. The highest BCUT2D eigenvalue weighted by atomic mass is 127. The molecule has 1 heterocycles. The summed E-state index contributed by atoms with van der Waals surface area (Å²) in [6, 6.07) is 5.30. The Kier molecular flexibility index (Phi) is 5.08. The van der Waals surface area contributed by atoms with Gasteiger partial charge in [-0.05, 0) is 72.6 Å². The quantitative estimate of drug-likeness (QED) is 0.390. The van der Waals surface area contributed by atoms with Crippen molar-refractivity contribution in [2.45, 2.75) is 13.3 Å². The third kappa shape index (κ3) is 3.03. The van der Waals surface area contributed by atoms with Gasteiger partial charge >= 0.3 is 0 Å². The van der Waals surface area contributed by atoms with E-state index in [-0.39, 0.29) is 5.56 Å². The first-order valence-electron chi connectivity index (χ1n) is 6.89. The Hall–Kier alpha value is -0.870. The molecule has 0 saturated heterocycles. The van der Waals surface area contributed by atoms with Crippen LogP contribution in [-0.2, 0) is 6.42 Å². The Bertz CT molecular complexity index is 1010. The molecule has 0 aliphatic heterocycles. The molecule has 0 bridgehead atoms.